The first-order valence-electron chi connectivity index (χ1n) is 32.3. The lowest BCUT2D eigenvalue weighted by Gasteiger charge is -2.25. The van der Waals surface area contributed by atoms with Gasteiger partial charge in [-0.15, -0.1) is 0 Å². The van der Waals surface area contributed by atoms with E-state index in [0.29, 0.717) is 17.4 Å². The summed E-state index contributed by atoms with van der Waals surface area (Å²) in [5.41, 5.74) is 0. The van der Waals surface area contributed by atoms with Crippen LogP contribution in [0.25, 0.3) is 0 Å². The van der Waals surface area contributed by atoms with Crippen molar-refractivity contribution in [1.29, 1.82) is 0 Å². The van der Waals surface area contributed by atoms with Crippen LogP contribution in [0, 0.1) is 0 Å². The number of nitrogens with zero attached hydrogens (tertiary/aromatic N) is 1. The maximum atomic E-state index is 12.9. The number of ether oxygens (including phenoxy) is 4. The predicted molar refractivity (Wildman–Crippen MR) is 323 cm³/mol. The molecule has 1 N–H and O–H groups in total. The second-order valence-electron chi connectivity index (χ2n) is 23.1. The van der Waals surface area contributed by atoms with E-state index in [1.54, 1.807) is 0 Å². The molecule has 0 aliphatic heterocycles. The second-order valence-corrected chi connectivity index (χ2v) is 23.1. The van der Waals surface area contributed by atoms with Gasteiger partial charge in [0.15, 0.2) is 6.10 Å². The minimum Gasteiger partial charge on any atom is -0.477 e. The minimum atomic E-state index is -1.51. The van der Waals surface area contributed by atoms with Crippen LogP contribution in [0.2, 0.25) is 0 Å². The van der Waals surface area contributed by atoms with Gasteiger partial charge in [0.2, 0.25) is 0 Å². The van der Waals surface area contributed by atoms with E-state index in [1.165, 1.54) is 199 Å². The molecule has 0 aromatic rings. The van der Waals surface area contributed by atoms with Gasteiger partial charge in [0.05, 0.1) is 34.4 Å². The van der Waals surface area contributed by atoms with Crippen molar-refractivity contribution in [3.8, 4) is 0 Å². The molecule has 9 heteroatoms. The third-order valence-corrected chi connectivity index (χ3v) is 14.3. The molecule has 0 amide bonds. The van der Waals surface area contributed by atoms with Crippen LogP contribution in [-0.2, 0) is 33.3 Å². The summed E-state index contributed by atoms with van der Waals surface area (Å²) in [6, 6.07) is 0. The first-order valence-corrected chi connectivity index (χ1v) is 32.3. The fourth-order valence-corrected chi connectivity index (χ4v) is 9.42. The number of carbonyl (C=O) groups is 3. The normalized spacial score (nSPS) is 13.0. The average molecular weight is 1070 g/mol. The van der Waals surface area contributed by atoms with Crippen LogP contribution in [0.5, 0.6) is 0 Å². The smallest absolute Gasteiger partial charge is 0.361 e. The van der Waals surface area contributed by atoms with E-state index in [-0.39, 0.29) is 32.2 Å². The number of rotatable bonds is 60. The van der Waals surface area contributed by atoms with Gasteiger partial charge < -0.3 is 28.5 Å². The molecule has 444 valence electrons. The molecule has 0 aromatic carbocycles. The monoisotopic (exact) mass is 1070 g/mol. The number of hydrogen-bond donors (Lipinski definition) is 1. The number of unbranched alkanes of at least 4 members (excludes halogenated alkanes) is 37. The van der Waals surface area contributed by atoms with Crippen LogP contribution >= 0.6 is 0 Å². The highest BCUT2D eigenvalue weighted by Gasteiger charge is 2.25. The first kappa shape index (κ1) is 73.2. The summed E-state index contributed by atoms with van der Waals surface area (Å²) in [5.74, 6) is -1.99. The highest BCUT2D eigenvalue weighted by atomic mass is 16.7. The fraction of sp³-hybridized carbons (Fsp3) is 0.836. The molecule has 0 fully saturated rings. The summed E-state index contributed by atoms with van der Waals surface area (Å²) in [5, 5.41) is 9.72. The lowest BCUT2D eigenvalue weighted by Crippen LogP contribution is -2.40. The van der Waals surface area contributed by atoms with Gasteiger partial charge in [0, 0.05) is 12.8 Å². The molecular weight excluding hydrogens is 947 g/mol. The quantitative estimate of drug-likeness (QED) is 0.0211. The van der Waals surface area contributed by atoms with Crippen molar-refractivity contribution >= 4 is 17.9 Å². The summed E-state index contributed by atoms with van der Waals surface area (Å²) in [6.07, 6.45) is 70.7. The Kier molecular flexibility index (Phi) is 56.3. The number of carboxylic acid groups (broad SMARTS) is 1. The number of hydrogen-bond acceptors (Lipinski definition) is 7. The molecule has 0 aliphatic carbocycles. The summed E-state index contributed by atoms with van der Waals surface area (Å²) < 4.78 is 22.9. The van der Waals surface area contributed by atoms with Gasteiger partial charge in [-0.2, -0.15) is 0 Å². The van der Waals surface area contributed by atoms with Gasteiger partial charge >= 0.3 is 17.9 Å². The Labute approximate surface area is 470 Å². The molecule has 0 radical (unpaired) electrons. The van der Waals surface area contributed by atoms with Gasteiger partial charge in [-0.1, -0.05) is 287 Å². The van der Waals surface area contributed by atoms with E-state index in [9.17, 15) is 19.5 Å². The summed E-state index contributed by atoms with van der Waals surface area (Å²) in [7, 11) is 5.98. The molecular formula is C67H124NO8+. The molecule has 76 heavy (non-hydrogen) atoms. The Morgan fingerprint density at radius 3 is 1.12 bits per heavy atom. The van der Waals surface area contributed by atoms with Crippen molar-refractivity contribution in [2.24, 2.45) is 0 Å². The number of carboxylic acids is 1. The minimum absolute atomic E-state index is 0.181. The van der Waals surface area contributed by atoms with E-state index < -0.39 is 24.3 Å². The van der Waals surface area contributed by atoms with Crippen molar-refractivity contribution in [1.82, 2.24) is 0 Å². The van der Waals surface area contributed by atoms with E-state index in [0.717, 1.165) is 77.0 Å². The molecule has 0 spiro atoms. The molecule has 2 unspecified atom stereocenters. The fourth-order valence-electron chi connectivity index (χ4n) is 9.42. The zero-order chi connectivity index (χ0) is 55.5. The van der Waals surface area contributed by atoms with Crippen molar-refractivity contribution in [2.45, 2.75) is 315 Å². The molecule has 0 heterocycles. The number of quaternary nitrogens is 1. The molecule has 0 bridgehead atoms. The van der Waals surface area contributed by atoms with Crippen molar-refractivity contribution in [3.05, 3.63) is 48.6 Å². The summed E-state index contributed by atoms with van der Waals surface area (Å²) >= 11 is 0. The van der Waals surface area contributed by atoms with Crippen molar-refractivity contribution in [2.75, 3.05) is 47.5 Å². The number of allylic oxidation sites excluding steroid dienone is 8. The van der Waals surface area contributed by atoms with Gasteiger partial charge in [-0.3, -0.25) is 9.59 Å². The van der Waals surface area contributed by atoms with Gasteiger partial charge in [-0.05, 0) is 51.4 Å². The van der Waals surface area contributed by atoms with Crippen LogP contribution in [0.3, 0.4) is 0 Å². The maximum Gasteiger partial charge on any atom is 0.361 e. The number of esters is 2. The largest absolute Gasteiger partial charge is 0.477 e. The zero-order valence-electron chi connectivity index (χ0n) is 50.7. The first-order chi connectivity index (χ1) is 37.1. The molecule has 9 nitrogen and oxygen atoms in total. The van der Waals surface area contributed by atoms with E-state index >= 15 is 0 Å². The highest BCUT2D eigenvalue weighted by molar-refractivity contribution is 5.71. The van der Waals surface area contributed by atoms with E-state index in [4.69, 9.17) is 18.9 Å². The van der Waals surface area contributed by atoms with Crippen molar-refractivity contribution < 1.29 is 42.9 Å². The van der Waals surface area contributed by atoms with Gasteiger partial charge in [-0.25, -0.2) is 4.79 Å². The predicted octanol–water partition coefficient (Wildman–Crippen LogP) is 19.4. The van der Waals surface area contributed by atoms with Gasteiger partial charge in [0.25, 0.3) is 6.29 Å². The number of carbonyl (C=O) groups excluding carboxylic acids is 2. The molecule has 0 aliphatic rings. The van der Waals surface area contributed by atoms with E-state index in [1.807, 2.05) is 21.1 Å². The molecule has 2 atom stereocenters. The molecule has 0 aromatic heterocycles. The van der Waals surface area contributed by atoms with Crippen LogP contribution in [0.1, 0.15) is 303 Å². The van der Waals surface area contributed by atoms with Gasteiger partial charge in [0.1, 0.15) is 13.2 Å². The number of likely N-dealkylation sites (N-methyl/N-ethyl adjacent to an activating group) is 1. The van der Waals surface area contributed by atoms with Crippen LogP contribution in [0.15, 0.2) is 48.6 Å². The Hall–Kier alpha value is -2.75. The Balaban J connectivity index is 4.13. The second kappa shape index (κ2) is 58.4. The molecule has 0 saturated heterocycles. The third-order valence-electron chi connectivity index (χ3n) is 14.3. The van der Waals surface area contributed by atoms with Crippen LogP contribution in [0.4, 0.5) is 0 Å². The Bertz CT molecular complexity index is 1380. The molecule has 0 saturated carbocycles. The highest BCUT2D eigenvalue weighted by Crippen LogP contribution is 2.18. The van der Waals surface area contributed by atoms with E-state index in [2.05, 4.69) is 62.5 Å². The Morgan fingerprint density at radius 1 is 0.408 bits per heavy atom. The SMILES string of the molecule is CC/C=C\C/C=C\C/C=C\C/C=C\CCCCCCCCCCCCC(=O)OC(COC(=O)CCCCCCCCCCCCCCCCCCCCCCCCCCCCCC)COC(OCC[N+](C)(C)C)C(=O)O. The zero-order valence-corrected chi connectivity index (χ0v) is 50.7. The third kappa shape index (κ3) is 58.9. The topological polar surface area (TPSA) is 108 Å². The summed E-state index contributed by atoms with van der Waals surface area (Å²) in [6.45, 7) is 4.81. The lowest BCUT2D eigenvalue weighted by atomic mass is 10.0. The lowest BCUT2D eigenvalue weighted by molar-refractivity contribution is -0.870. The molecule has 0 rings (SSSR count). The van der Waals surface area contributed by atoms with Crippen LogP contribution < -0.4 is 0 Å². The summed E-state index contributed by atoms with van der Waals surface area (Å²) in [4.78, 5) is 37.5. The maximum absolute atomic E-state index is 12.9. The van der Waals surface area contributed by atoms with Crippen LogP contribution in [-0.4, -0.2) is 87.4 Å². The Morgan fingerprint density at radius 2 is 0.750 bits per heavy atom. The standard InChI is InChI=1S/C67H123NO8/c1-6-8-10-12-14-16-18-20-22-24-26-28-30-31-32-33-34-36-37-39-41-43-45-47-49-51-53-55-57-64(69)74-61-63(62-75-67(66(71)72)73-60-59-68(3,4)5)76-65(70)58-56-54-52-50-48-46-44-42-40-38-35-29-27-25-23-21-19-17-15-13-11-9-7-2/h9,11,15,17,21,23,27,29,63,67H,6-8,10,12-14,16,18-20,22,24-26,28,30-62H2,1-5H3/p+1/b11-9-,17-15-,23-21-,29-27-. The number of aliphatic carboxylic acids is 1. The average Bonchev–Trinajstić information content (AvgIpc) is 3.39. The van der Waals surface area contributed by atoms with Crippen molar-refractivity contribution in [3.63, 3.8) is 0 Å².